The molecule has 0 bridgehead atoms. The van der Waals surface area contributed by atoms with Crippen molar-refractivity contribution in [3.05, 3.63) is 249 Å². The van der Waals surface area contributed by atoms with Gasteiger partial charge in [-0.3, -0.25) is 0 Å². The van der Waals surface area contributed by atoms with E-state index in [1.165, 1.54) is 0 Å². The molecule has 0 unspecified atom stereocenters. The number of hydrogen-bond donors (Lipinski definition) is 0. The first-order valence-electron chi connectivity index (χ1n) is 22.7. The predicted molar refractivity (Wildman–Crippen MR) is 259 cm³/mol. The quantitative estimate of drug-likeness (QED) is 0.145. The van der Waals surface area contributed by atoms with Crippen LogP contribution in [0.1, 0.15) is 5.48 Å². The second-order valence-electron chi connectivity index (χ2n) is 15.4. The molecule has 10 aromatic carbocycles. The molecule has 1 heterocycles. The van der Waals surface area contributed by atoms with E-state index in [1.54, 1.807) is 0 Å². The van der Waals surface area contributed by atoms with Crippen LogP contribution in [0.25, 0.3) is 105 Å². The average Bonchev–Trinajstić information content (AvgIpc) is 3.67. The highest BCUT2D eigenvalue weighted by atomic mass is 15.0. The van der Waals surface area contributed by atoms with Gasteiger partial charge in [0.05, 0.1) is 22.2 Å². The Morgan fingerprint density at radius 2 is 0.574 bits per heavy atom. The summed E-state index contributed by atoms with van der Waals surface area (Å²) >= 11 is 0. The third-order valence-electron chi connectivity index (χ3n) is 11.6. The van der Waals surface area contributed by atoms with E-state index < -0.39 is 0 Å². The SMILES string of the molecule is [2H]c1ccccc1-c1cc(-c2ccc3c(c2)c2cc(-c4cc(-c5ccccc5[2H])cc(-c5ccccc5[2H])c4)ccc2n3-c2ccccc2-c2ccccc2)cc(-c2ccccc2[2H])c1. The normalized spacial score (nSPS) is 12.2. The van der Waals surface area contributed by atoms with Crippen molar-refractivity contribution in [1.29, 1.82) is 0 Å². The van der Waals surface area contributed by atoms with Crippen LogP contribution in [0.5, 0.6) is 0 Å². The molecule has 0 atom stereocenters. The second kappa shape index (κ2) is 15.6. The number of nitrogens with zero attached hydrogens (tertiary/aromatic N) is 1. The van der Waals surface area contributed by atoms with Crippen molar-refractivity contribution < 1.29 is 5.48 Å². The summed E-state index contributed by atoms with van der Waals surface area (Å²) in [6.45, 7) is 0. The first-order chi connectivity index (χ1) is 31.9. The summed E-state index contributed by atoms with van der Waals surface area (Å²) in [4.78, 5) is 0. The van der Waals surface area contributed by atoms with Crippen molar-refractivity contribution >= 4 is 21.8 Å². The first-order valence-corrected chi connectivity index (χ1v) is 20.7. The molecule has 11 aromatic rings. The minimum atomic E-state index is 0.447. The second-order valence-corrected chi connectivity index (χ2v) is 15.4. The zero-order chi connectivity index (χ0) is 44.0. The molecule has 0 N–H and O–H groups in total. The van der Waals surface area contributed by atoms with Gasteiger partial charge in [0.15, 0.2) is 0 Å². The molecule has 11 rings (SSSR count). The Morgan fingerprint density at radius 1 is 0.246 bits per heavy atom. The molecule has 0 amide bonds. The highest BCUT2D eigenvalue weighted by molar-refractivity contribution is 6.12. The molecule has 0 aliphatic carbocycles. The molecule has 0 fully saturated rings. The lowest BCUT2D eigenvalue weighted by Crippen LogP contribution is -1.97. The molecule has 0 spiro atoms. The molecule has 0 aliphatic rings. The highest BCUT2D eigenvalue weighted by Crippen LogP contribution is 2.42. The molecule has 286 valence electrons. The molecule has 0 saturated heterocycles. The lowest BCUT2D eigenvalue weighted by molar-refractivity contribution is 1.18. The van der Waals surface area contributed by atoms with Gasteiger partial charge < -0.3 is 4.57 Å². The number of rotatable bonds is 8. The standard InChI is InChI=1S/C60H41N/c1-6-18-42(19-7-1)49-34-50(43-20-8-2-9-21-43)37-53(36-49)47-30-32-59-56(40-47)57-41-48(31-33-60(57)61(59)58-29-17-16-28-55(58)46-26-14-5-15-27-46)54-38-51(44-22-10-3-11-23-44)35-52(39-54)45-24-12-4-13-25-45/h1-41H/i18D,20D,22D,24D. The van der Waals surface area contributed by atoms with Crippen molar-refractivity contribution in [3.63, 3.8) is 0 Å². The fourth-order valence-electron chi connectivity index (χ4n) is 8.67. The van der Waals surface area contributed by atoms with E-state index in [0.717, 1.165) is 105 Å². The van der Waals surface area contributed by atoms with Crippen LogP contribution in [-0.4, -0.2) is 4.57 Å². The maximum absolute atomic E-state index is 8.84. The molecule has 1 aromatic heterocycles. The van der Waals surface area contributed by atoms with Crippen LogP contribution in [0.15, 0.2) is 249 Å². The van der Waals surface area contributed by atoms with Gasteiger partial charge in [-0.25, -0.2) is 0 Å². The van der Waals surface area contributed by atoms with Gasteiger partial charge in [0.1, 0.15) is 0 Å². The number of fused-ring (bicyclic) bond motifs is 3. The minimum absolute atomic E-state index is 0.447. The number of aromatic nitrogens is 1. The molecule has 61 heavy (non-hydrogen) atoms. The van der Waals surface area contributed by atoms with E-state index in [9.17, 15) is 0 Å². The zero-order valence-electron chi connectivity index (χ0n) is 37.3. The fraction of sp³-hybridized carbons (Fsp3) is 0. The Morgan fingerprint density at radius 3 is 0.967 bits per heavy atom. The minimum Gasteiger partial charge on any atom is -0.309 e. The van der Waals surface area contributed by atoms with Gasteiger partial charge in [0.2, 0.25) is 0 Å². The van der Waals surface area contributed by atoms with Gasteiger partial charge in [-0.1, -0.05) is 182 Å². The van der Waals surface area contributed by atoms with Gasteiger partial charge in [0, 0.05) is 16.3 Å². The smallest absolute Gasteiger partial charge is 0.0629 e. The fourth-order valence-corrected chi connectivity index (χ4v) is 8.67. The summed E-state index contributed by atoms with van der Waals surface area (Å²) in [5.74, 6) is 0. The summed E-state index contributed by atoms with van der Waals surface area (Å²) in [7, 11) is 0. The van der Waals surface area contributed by atoms with Crippen molar-refractivity contribution in [2.45, 2.75) is 0 Å². The summed E-state index contributed by atoms with van der Waals surface area (Å²) in [5, 5.41) is 2.17. The van der Waals surface area contributed by atoms with Crippen molar-refractivity contribution in [1.82, 2.24) is 4.57 Å². The third kappa shape index (κ3) is 6.93. The van der Waals surface area contributed by atoms with Crippen LogP contribution in [0, 0.1) is 0 Å². The van der Waals surface area contributed by atoms with E-state index in [4.69, 9.17) is 5.48 Å². The van der Waals surface area contributed by atoms with Crippen LogP contribution >= 0.6 is 0 Å². The Labute approximate surface area is 362 Å². The average molecular weight is 780 g/mol. The molecular formula is C60H41N. The summed E-state index contributed by atoms with van der Waals surface area (Å²) in [5.41, 5.74) is 16.5. The maximum Gasteiger partial charge on any atom is 0.0629 e. The molecule has 0 radical (unpaired) electrons. The van der Waals surface area contributed by atoms with Gasteiger partial charge >= 0.3 is 0 Å². The van der Waals surface area contributed by atoms with Gasteiger partial charge in [-0.15, -0.1) is 0 Å². The van der Waals surface area contributed by atoms with E-state index in [1.807, 2.05) is 103 Å². The Kier molecular flexibility index (Phi) is 8.18. The van der Waals surface area contributed by atoms with Crippen molar-refractivity contribution in [3.8, 4) is 83.6 Å². The predicted octanol–water partition coefficient (Wildman–Crippen LogP) is 16.5. The van der Waals surface area contributed by atoms with E-state index in [-0.39, 0.29) is 0 Å². The molecule has 1 heteroatoms. The Bertz CT molecular complexity index is 3280. The zero-order valence-corrected chi connectivity index (χ0v) is 33.3. The maximum atomic E-state index is 8.84. The number of benzene rings is 10. The number of para-hydroxylation sites is 1. The van der Waals surface area contributed by atoms with Gasteiger partial charge in [-0.2, -0.15) is 0 Å². The van der Waals surface area contributed by atoms with Crippen LogP contribution < -0.4 is 0 Å². The van der Waals surface area contributed by atoms with Crippen LogP contribution in [-0.2, 0) is 0 Å². The third-order valence-corrected chi connectivity index (χ3v) is 11.6. The largest absolute Gasteiger partial charge is 0.309 e. The molecule has 1 nitrogen and oxygen atoms in total. The van der Waals surface area contributed by atoms with E-state index >= 15 is 0 Å². The van der Waals surface area contributed by atoms with Gasteiger partial charge in [0.25, 0.3) is 0 Å². The van der Waals surface area contributed by atoms with E-state index in [2.05, 4.69) is 126 Å². The lowest BCUT2D eigenvalue weighted by Gasteiger charge is -2.15. The monoisotopic (exact) mass is 779 g/mol. The van der Waals surface area contributed by atoms with Crippen molar-refractivity contribution in [2.24, 2.45) is 0 Å². The summed E-state index contributed by atoms with van der Waals surface area (Å²) in [6.07, 6.45) is 0. The Balaban J connectivity index is 1.17. The van der Waals surface area contributed by atoms with Crippen molar-refractivity contribution in [2.75, 3.05) is 0 Å². The molecule has 0 saturated carbocycles. The number of hydrogen-bond acceptors (Lipinski definition) is 0. The molecule has 0 aliphatic heterocycles. The summed E-state index contributed by atoms with van der Waals surface area (Å²) in [6, 6.07) is 77.9. The Hall–Kier alpha value is -8.00. The van der Waals surface area contributed by atoms with Crippen LogP contribution in [0.2, 0.25) is 0 Å². The lowest BCUT2D eigenvalue weighted by atomic mass is 9.92. The van der Waals surface area contributed by atoms with Crippen LogP contribution in [0.4, 0.5) is 0 Å². The van der Waals surface area contributed by atoms with Crippen LogP contribution in [0.3, 0.4) is 0 Å². The summed E-state index contributed by atoms with van der Waals surface area (Å²) < 4.78 is 37.7. The van der Waals surface area contributed by atoms with E-state index in [0.29, 0.717) is 24.2 Å². The topological polar surface area (TPSA) is 4.93 Å². The molecular weight excluding hydrogens is 735 g/mol. The first kappa shape index (κ1) is 31.9. The highest BCUT2D eigenvalue weighted by Gasteiger charge is 2.19. The van der Waals surface area contributed by atoms with Gasteiger partial charge in [-0.05, 0) is 139 Å².